The second-order valence-corrected chi connectivity index (χ2v) is 7.82. The highest BCUT2D eigenvalue weighted by Crippen LogP contribution is 2.47. The van der Waals surface area contributed by atoms with Crippen molar-refractivity contribution in [3.05, 3.63) is 112 Å². The lowest BCUT2D eigenvalue weighted by Gasteiger charge is -2.29. The van der Waals surface area contributed by atoms with Gasteiger partial charge in [0.05, 0.1) is 13.0 Å². The van der Waals surface area contributed by atoms with E-state index in [0.29, 0.717) is 22.4 Å². The van der Waals surface area contributed by atoms with Gasteiger partial charge in [0.2, 0.25) is 0 Å². The Morgan fingerprint density at radius 1 is 1.00 bits per heavy atom. The highest BCUT2D eigenvalue weighted by atomic mass is 79.9. The Labute approximate surface area is 177 Å². The fourth-order valence-corrected chi connectivity index (χ4v) is 4.04. The zero-order valence-electron chi connectivity index (χ0n) is 15.8. The number of carbonyl (C=O) groups is 1. The first-order valence-corrected chi connectivity index (χ1v) is 9.87. The van der Waals surface area contributed by atoms with Gasteiger partial charge in [-0.15, -0.1) is 0 Å². The zero-order chi connectivity index (χ0) is 20.9. The Bertz CT molecular complexity index is 977. The van der Waals surface area contributed by atoms with Crippen LogP contribution >= 0.6 is 15.9 Å². The van der Waals surface area contributed by atoms with Crippen molar-refractivity contribution >= 4 is 21.7 Å². The van der Waals surface area contributed by atoms with Crippen molar-refractivity contribution in [1.29, 1.82) is 0 Å². The molecule has 0 saturated heterocycles. The van der Waals surface area contributed by atoms with Crippen LogP contribution < -0.4 is 4.74 Å². The Balaban J connectivity index is 2.04. The molecule has 0 radical (unpaired) electrons. The van der Waals surface area contributed by atoms with E-state index in [-0.39, 0.29) is 17.1 Å². The van der Waals surface area contributed by atoms with Gasteiger partial charge in [0.25, 0.3) is 0 Å². The van der Waals surface area contributed by atoms with Crippen LogP contribution in [0.2, 0.25) is 0 Å². The van der Waals surface area contributed by atoms with Crippen LogP contribution in [0.5, 0.6) is 5.75 Å². The molecule has 3 rings (SSSR count). The quantitative estimate of drug-likeness (QED) is 0.147. The minimum Gasteiger partial charge on any atom is -0.497 e. The van der Waals surface area contributed by atoms with E-state index < -0.39 is 10.4 Å². The smallest absolute Gasteiger partial charge is 0.306 e. The van der Waals surface area contributed by atoms with Gasteiger partial charge in [-0.1, -0.05) is 60.7 Å². The topological polar surface area (TPSA) is 69.4 Å². The fraction of sp³-hybridized carbons (Fsp3) is 0.174. The van der Waals surface area contributed by atoms with E-state index in [1.165, 1.54) is 0 Å². The van der Waals surface area contributed by atoms with Gasteiger partial charge in [-0.3, -0.25) is 14.9 Å². The second kappa shape index (κ2) is 9.01. The molecule has 0 aliphatic carbocycles. The largest absolute Gasteiger partial charge is 0.497 e. The number of hydrogen-bond acceptors (Lipinski definition) is 4. The average molecular weight is 454 g/mol. The molecule has 0 spiro atoms. The van der Waals surface area contributed by atoms with E-state index in [0.717, 1.165) is 0 Å². The van der Waals surface area contributed by atoms with Crippen molar-refractivity contribution in [3.8, 4) is 5.75 Å². The number of alkyl halides is 1. The zero-order valence-corrected chi connectivity index (χ0v) is 17.4. The van der Waals surface area contributed by atoms with Crippen LogP contribution in [0.4, 0.5) is 0 Å². The maximum atomic E-state index is 13.0. The molecule has 3 aromatic carbocycles. The van der Waals surface area contributed by atoms with Crippen LogP contribution in [0.3, 0.4) is 0 Å². The summed E-state index contributed by atoms with van der Waals surface area (Å²) < 4.78 is 3.49. The molecule has 0 saturated carbocycles. The number of Topliss-reactive ketones (excluding diaryl/α,β-unsaturated/α-hetero) is 1. The average Bonchev–Trinajstić information content (AvgIpc) is 2.78. The first-order valence-electron chi connectivity index (χ1n) is 9.08. The molecule has 0 aliphatic heterocycles. The summed E-state index contributed by atoms with van der Waals surface area (Å²) in [6.07, 6.45) is -0.0303. The van der Waals surface area contributed by atoms with E-state index in [1.54, 1.807) is 61.7 Å². The van der Waals surface area contributed by atoms with E-state index in [2.05, 4.69) is 15.9 Å². The third-order valence-electron chi connectivity index (χ3n) is 4.91. The van der Waals surface area contributed by atoms with Crippen LogP contribution in [0.25, 0.3) is 0 Å². The van der Waals surface area contributed by atoms with Gasteiger partial charge in [-0.05, 0) is 29.8 Å². The monoisotopic (exact) mass is 453 g/mol. The van der Waals surface area contributed by atoms with Crippen molar-refractivity contribution in [1.82, 2.24) is 0 Å². The molecule has 0 amide bonds. The molecular weight excluding hydrogens is 434 g/mol. The van der Waals surface area contributed by atoms with E-state index in [1.807, 2.05) is 30.3 Å². The molecule has 0 aromatic heterocycles. The number of methoxy groups -OCH3 is 1. The molecule has 5 nitrogen and oxygen atoms in total. The van der Waals surface area contributed by atoms with Gasteiger partial charge in [0.15, 0.2) is 5.78 Å². The highest BCUT2D eigenvalue weighted by molar-refractivity contribution is 9.09. The molecule has 6 heteroatoms. The molecule has 0 N–H and O–H groups in total. The lowest BCUT2D eigenvalue weighted by molar-refractivity contribution is -0.548. The van der Waals surface area contributed by atoms with Gasteiger partial charge in [0, 0.05) is 38.4 Å². The molecule has 0 fully saturated rings. The Kier molecular flexibility index (Phi) is 6.44. The maximum Gasteiger partial charge on any atom is 0.306 e. The summed E-state index contributed by atoms with van der Waals surface area (Å²) in [6, 6.07) is 24.6. The molecule has 148 valence electrons. The van der Waals surface area contributed by atoms with Crippen molar-refractivity contribution < 1.29 is 14.5 Å². The molecule has 0 unspecified atom stereocenters. The minimum absolute atomic E-state index is 0.0303. The number of hydrogen-bond donors (Lipinski definition) is 0. The third kappa shape index (κ3) is 4.38. The summed E-state index contributed by atoms with van der Waals surface area (Å²) in [5.41, 5.74) is 1.69. The van der Waals surface area contributed by atoms with Crippen molar-refractivity contribution in [2.75, 3.05) is 7.11 Å². The van der Waals surface area contributed by atoms with E-state index >= 15 is 0 Å². The van der Waals surface area contributed by atoms with Crippen molar-refractivity contribution in [2.45, 2.75) is 16.8 Å². The molecule has 29 heavy (non-hydrogen) atoms. The summed E-state index contributed by atoms with van der Waals surface area (Å²) >= 11 is 3.41. The normalized spacial score (nSPS) is 13.9. The maximum absolute atomic E-state index is 13.0. The molecule has 3 aromatic rings. The van der Waals surface area contributed by atoms with Crippen LogP contribution in [-0.4, -0.2) is 17.8 Å². The standard InChI is InChI=1S/C23H20BrNO4/c1-29-20-14-12-18(13-15-20)22(26)16-21(17-8-4-2-5-9-17)23(24,25(27)28)19-10-6-3-7-11-19/h2-15,21H,16H2,1H3/t21-,23-/m1/s1. The summed E-state index contributed by atoms with van der Waals surface area (Å²) in [4.78, 5) is 25.0. The van der Waals surface area contributed by atoms with Gasteiger partial charge in [0.1, 0.15) is 5.75 Å². The Morgan fingerprint density at radius 3 is 2.07 bits per heavy atom. The number of ether oxygens (including phenoxy) is 1. The molecule has 0 bridgehead atoms. The number of halogens is 1. The highest BCUT2D eigenvalue weighted by Gasteiger charge is 2.51. The summed E-state index contributed by atoms with van der Waals surface area (Å²) in [7, 11) is 1.55. The molecule has 0 aliphatic rings. The van der Waals surface area contributed by atoms with E-state index in [4.69, 9.17) is 4.74 Å². The van der Waals surface area contributed by atoms with Crippen LogP contribution in [0.1, 0.15) is 33.8 Å². The van der Waals surface area contributed by atoms with Gasteiger partial charge < -0.3 is 4.74 Å². The van der Waals surface area contributed by atoms with Crippen molar-refractivity contribution in [3.63, 3.8) is 0 Å². The number of nitrogens with zero attached hydrogens (tertiary/aromatic N) is 1. The number of rotatable bonds is 8. The molecule has 0 heterocycles. The van der Waals surface area contributed by atoms with Crippen molar-refractivity contribution in [2.24, 2.45) is 0 Å². The Hall–Kier alpha value is -2.99. The molecule has 2 atom stereocenters. The predicted molar refractivity (Wildman–Crippen MR) is 115 cm³/mol. The van der Waals surface area contributed by atoms with Crippen LogP contribution in [-0.2, 0) is 4.45 Å². The fourth-order valence-electron chi connectivity index (χ4n) is 3.35. The van der Waals surface area contributed by atoms with Gasteiger partial charge in [-0.25, -0.2) is 0 Å². The number of benzene rings is 3. The lowest BCUT2D eigenvalue weighted by atomic mass is 9.82. The minimum atomic E-state index is -1.64. The number of ketones is 1. The predicted octanol–water partition coefficient (Wildman–Crippen LogP) is 5.58. The van der Waals surface area contributed by atoms with Crippen LogP contribution in [0.15, 0.2) is 84.9 Å². The second-order valence-electron chi connectivity index (χ2n) is 6.62. The van der Waals surface area contributed by atoms with E-state index in [9.17, 15) is 14.9 Å². The number of carbonyl (C=O) groups excluding carboxylic acids is 1. The number of nitro groups is 1. The first kappa shape index (κ1) is 20.7. The summed E-state index contributed by atoms with van der Waals surface area (Å²) in [5, 5.41) is 12.3. The Morgan fingerprint density at radius 2 is 1.55 bits per heavy atom. The third-order valence-corrected chi connectivity index (χ3v) is 6.21. The van der Waals surface area contributed by atoms with Gasteiger partial charge >= 0.3 is 4.45 Å². The lowest BCUT2D eigenvalue weighted by Crippen LogP contribution is -2.37. The summed E-state index contributed by atoms with van der Waals surface area (Å²) in [5.74, 6) is -0.246. The van der Waals surface area contributed by atoms with Crippen LogP contribution in [0, 0.1) is 10.1 Å². The molecular formula is C23H20BrNO4. The SMILES string of the molecule is COc1ccc(C(=O)C[C@H](c2ccccc2)[C@@](Br)(c2ccccc2)[N+](=O)[O-])cc1. The van der Waals surface area contributed by atoms with Gasteiger partial charge in [-0.2, -0.15) is 0 Å². The summed E-state index contributed by atoms with van der Waals surface area (Å²) in [6.45, 7) is 0. The first-order chi connectivity index (χ1) is 14.0.